The standard InChI is InChI=1S/C34H23ClO7/c35-26-16-24-19(15-28(26)37)10-12-23-31(25-14-20(11-13-30(38)39)27(36)17-29(25)42-34(23)24)21-8-4-5-9-22(21)33(41)32(40)18-6-2-1-3-7-18/h1-10,12,14-17,32,36,40H,11,13H2,(H,38,39). The number of carbonyl (C=O) groups excluding carboxylic acids is 1. The molecular formula is C34H23ClO7. The van der Waals surface area contributed by atoms with Crippen molar-refractivity contribution < 1.29 is 29.3 Å². The highest BCUT2D eigenvalue weighted by atomic mass is 35.5. The van der Waals surface area contributed by atoms with Crippen LogP contribution >= 0.6 is 11.6 Å². The topological polar surface area (TPSA) is 125 Å². The number of fused-ring (bicyclic) bond motifs is 4. The van der Waals surface area contributed by atoms with E-state index in [0.29, 0.717) is 49.4 Å². The van der Waals surface area contributed by atoms with Crippen molar-refractivity contribution in [2.45, 2.75) is 18.9 Å². The fraction of sp³-hybridized carbons (Fsp3) is 0.0882. The fourth-order valence-corrected chi connectivity index (χ4v) is 5.50. The van der Waals surface area contributed by atoms with E-state index in [1.807, 2.05) is 0 Å². The number of ketones is 1. The lowest BCUT2D eigenvalue weighted by molar-refractivity contribution is -0.136. The van der Waals surface area contributed by atoms with Crippen molar-refractivity contribution in [1.82, 2.24) is 0 Å². The molecule has 0 saturated carbocycles. The van der Waals surface area contributed by atoms with E-state index in [9.17, 15) is 29.7 Å². The van der Waals surface area contributed by atoms with Crippen LogP contribution in [0.15, 0.2) is 100 Å². The summed E-state index contributed by atoms with van der Waals surface area (Å²) in [5.74, 6) is -1.66. The highest BCUT2D eigenvalue weighted by Gasteiger charge is 2.25. The summed E-state index contributed by atoms with van der Waals surface area (Å²) in [6.07, 6.45) is -1.54. The quantitative estimate of drug-likeness (QED) is 0.105. The largest absolute Gasteiger partial charge is 0.508 e. The first-order valence-corrected chi connectivity index (χ1v) is 13.5. The number of carboxylic acid groups (broad SMARTS) is 1. The summed E-state index contributed by atoms with van der Waals surface area (Å²) in [6.45, 7) is 0. The van der Waals surface area contributed by atoms with Gasteiger partial charge in [-0.05, 0) is 52.8 Å². The van der Waals surface area contributed by atoms with Gasteiger partial charge < -0.3 is 19.7 Å². The molecule has 208 valence electrons. The van der Waals surface area contributed by atoms with Crippen LogP contribution in [-0.4, -0.2) is 27.1 Å². The average molecular weight is 579 g/mol. The van der Waals surface area contributed by atoms with E-state index < -0.39 is 17.9 Å². The molecule has 0 radical (unpaired) electrons. The molecule has 0 aliphatic rings. The van der Waals surface area contributed by atoms with Gasteiger partial charge in [0, 0.05) is 39.8 Å². The monoisotopic (exact) mass is 578 g/mol. The van der Waals surface area contributed by atoms with Crippen LogP contribution in [0.3, 0.4) is 0 Å². The van der Waals surface area contributed by atoms with Crippen molar-refractivity contribution >= 4 is 56.1 Å². The second-order valence-corrected chi connectivity index (χ2v) is 10.4. The van der Waals surface area contributed by atoms with Gasteiger partial charge in [0.2, 0.25) is 0 Å². The van der Waals surface area contributed by atoms with Crippen LogP contribution in [0, 0.1) is 0 Å². The van der Waals surface area contributed by atoms with Crippen molar-refractivity contribution in [3.05, 3.63) is 123 Å². The smallest absolute Gasteiger partial charge is 0.303 e. The number of benzene rings is 5. The van der Waals surface area contributed by atoms with Gasteiger partial charge in [-0.3, -0.25) is 14.4 Å². The van der Waals surface area contributed by atoms with Crippen molar-refractivity contribution in [1.29, 1.82) is 0 Å². The van der Waals surface area contributed by atoms with Crippen LogP contribution in [0.4, 0.5) is 0 Å². The van der Waals surface area contributed by atoms with Crippen LogP contribution in [0.1, 0.15) is 34.0 Å². The van der Waals surface area contributed by atoms with Gasteiger partial charge in [0.1, 0.15) is 23.0 Å². The number of carboxylic acids is 1. The third kappa shape index (κ3) is 4.79. The lowest BCUT2D eigenvalue weighted by Crippen LogP contribution is -2.13. The third-order valence-corrected chi connectivity index (χ3v) is 7.68. The molecule has 0 aliphatic carbocycles. The van der Waals surface area contributed by atoms with Crippen molar-refractivity contribution in [3.8, 4) is 16.9 Å². The van der Waals surface area contributed by atoms with E-state index in [-0.39, 0.29) is 40.2 Å². The van der Waals surface area contributed by atoms with E-state index in [1.54, 1.807) is 72.8 Å². The molecule has 0 saturated heterocycles. The summed E-state index contributed by atoms with van der Waals surface area (Å²) in [7, 11) is 0. The van der Waals surface area contributed by atoms with Gasteiger partial charge in [-0.25, -0.2) is 0 Å². The summed E-state index contributed by atoms with van der Waals surface area (Å²) < 4.78 is 6.32. The summed E-state index contributed by atoms with van der Waals surface area (Å²) in [4.78, 5) is 37.3. The number of carbonyl (C=O) groups is 2. The Balaban J connectivity index is 1.69. The van der Waals surface area contributed by atoms with Crippen LogP contribution in [0.25, 0.3) is 43.8 Å². The molecule has 5 aromatic carbocycles. The van der Waals surface area contributed by atoms with Crippen molar-refractivity contribution in [3.63, 3.8) is 0 Å². The predicted molar refractivity (Wildman–Crippen MR) is 161 cm³/mol. The van der Waals surface area contributed by atoms with E-state index in [1.165, 1.54) is 18.2 Å². The number of aryl methyl sites for hydroxylation is 1. The molecule has 6 aromatic rings. The summed E-state index contributed by atoms with van der Waals surface area (Å²) in [5.41, 5.74) is 2.50. The van der Waals surface area contributed by atoms with Crippen LogP contribution in [0.5, 0.6) is 5.75 Å². The van der Waals surface area contributed by atoms with Crippen molar-refractivity contribution in [2.24, 2.45) is 0 Å². The molecule has 3 N–H and O–H groups in total. The maximum absolute atomic E-state index is 13.8. The number of hydrogen-bond acceptors (Lipinski definition) is 6. The normalized spacial score (nSPS) is 12.1. The zero-order valence-corrected chi connectivity index (χ0v) is 22.8. The van der Waals surface area contributed by atoms with Gasteiger partial charge in [-0.15, -0.1) is 0 Å². The second kappa shape index (κ2) is 10.8. The highest BCUT2D eigenvalue weighted by Crippen LogP contribution is 2.43. The number of halogens is 1. The van der Waals surface area contributed by atoms with E-state index in [2.05, 4.69) is 0 Å². The minimum atomic E-state index is -1.41. The molecule has 0 bridgehead atoms. The number of hydrogen-bond donors (Lipinski definition) is 3. The summed E-state index contributed by atoms with van der Waals surface area (Å²) >= 11 is 6.21. The highest BCUT2D eigenvalue weighted by molar-refractivity contribution is 6.32. The fourth-order valence-electron chi connectivity index (χ4n) is 5.34. The summed E-state index contributed by atoms with van der Waals surface area (Å²) in [5, 5.41) is 33.4. The van der Waals surface area contributed by atoms with Gasteiger partial charge >= 0.3 is 5.97 Å². The number of aliphatic hydroxyl groups is 1. The van der Waals surface area contributed by atoms with Gasteiger partial charge in [0.05, 0.1) is 5.02 Å². The molecule has 42 heavy (non-hydrogen) atoms. The molecular weight excluding hydrogens is 556 g/mol. The molecule has 8 heteroatoms. The zero-order chi connectivity index (χ0) is 29.5. The second-order valence-electron chi connectivity index (χ2n) is 10.0. The Morgan fingerprint density at radius 3 is 2.36 bits per heavy atom. The first kappa shape index (κ1) is 27.2. The molecule has 0 amide bonds. The Morgan fingerprint density at radius 1 is 0.857 bits per heavy atom. The van der Waals surface area contributed by atoms with E-state index >= 15 is 0 Å². The Labute approximate surface area is 243 Å². The molecule has 0 spiro atoms. The molecule has 1 heterocycles. The third-order valence-electron chi connectivity index (χ3n) is 7.39. The molecule has 1 atom stereocenters. The molecule has 0 aliphatic heterocycles. The number of rotatable bonds is 7. The molecule has 0 fully saturated rings. The number of phenolic OH excluding ortho intramolecular Hbond substituents is 1. The minimum Gasteiger partial charge on any atom is -0.508 e. The van der Waals surface area contributed by atoms with Gasteiger partial charge in [-0.1, -0.05) is 72.3 Å². The number of aliphatic hydroxyl groups excluding tert-OH is 1. The molecule has 7 nitrogen and oxygen atoms in total. The summed E-state index contributed by atoms with van der Waals surface area (Å²) in [6, 6.07) is 25.1. The Morgan fingerprint density at radius 2 is 1.60 bits per heavy atom. The first-order valence-electron chi connectivity index (χ1n) is 13.2. The van der Waals surface area contributed by atoms with Gasteiger partial charge in [-0.2, -0.15) is 0 Å². The SMILES string of the molecule is O=C(O)CCc1cc2c(-c3ccccc3C(=O)C(O)c3ccccc3)c3ccc4cc(=O)c(Cl)cc4c3oc2cc1O. The lowest BCUT2D eigenvalue weighted by Gasteiger charge is -2.18. The molecule has 6 rings (SSSR count). The molecule has 1 unspecified atom stereocenters. The number of phenols is 1. The maximum Gasteiger partial charge on any atom is 0.303 e. The van der Waals surface area contributed by atoms with E-state index in [0.717, 1.165) is 0 Å². The Hall–Kier alpha value is -4.98. The van der Waals surface area contributed by atoms with E-state index in [4.69, 9.17) is 16.0 Å². The Bertz CT molecular complexity index is 2100. The van der Waals surface area contributed by atoms with Gasteiger partial charge in [0.25, 0.3) is 0 Å². The van der Waals surface area contributed by atoms with Crippen LogP contribution in [0.2, 0.25) is 5.02 Å². The van der Waals surface area contributed by atoms with Crippen LogP contribution < -0.4 is 5.43 Å². The number of aromatic hydroxyl groups is 1. The lowest BCUT2D eigenvalue weighted by atomic mass is 9.88. The zero-order valence-electron chi connectivity index (χ0n) is 22.0. The minimum absolute atomic E-state index is 0.0141. The average Bonchev–Trinajstić information content (AvgIpc) is 2.99. The van der Waals surface area contributed by atoms with Gasteiger partial charge in [0.15, 0.2) is 11.2 Å². The van der Waals surface area contributed by atoms with Crippen LogP contribution in [-0.2, 0) is 11.2 Å². The number of aliphatic carboxylic acids is 1. The Kier molecular flexibility index (Phi) is 6.98. The predicted octanol–water partition coefficient (Wildman–Crippen LogP) is 7.06. The molecule has 1 aromatic heterocycles. The first-order chi connectivity index (χ1) is 20.2. The maximum atomic E-state index is 13.8. The van der Waals surface area contributed by atoms with Crippen molar-refractivity contribution in [2.75, 3.05) is 0 Å². The number of Topliss-reactive ketones (excluding diaryl/α,β-unsaturated/α-hetero) is 1.